The van der Waals surface area contributed by atoms with Crippen molar-refractivity contribution in [2.75, 3.05) is 11.9 Å². The maximum absolute atomic E-state index is 13.5. The normalized spacial score (nSPS) is 10.8. The largest absolute Gasteiger partial charge is 0.481 e. The van der Waals surface area contributed by atoms with E-state index in [9.17, 15) is 13.6 Å². The zero-order valence-corrected chi connectivity index (χ0v) is 9.92. The SMILES string of the molecule is CC(C)(CNc1c(F)cc(C#N)cc1F)C(=O)O. The Morgan fingerprint density at radius 1 is 1.44 bits per heavy atom. The Hall–Kier alpha value is -2.16. The molecule has 1 rings (SSSR count). The summed E-state index contributed by atoms with van der Waals surface area (Å²) in [6, 6.07) is 3.40. The summed E-state index contributed by atoms with van der Waals surface area (Å²) in [5, 5.41) is 19.8. The number of nitrogens with one attached hydrogen (secondary N) is 1. The van der Waals surface area contributed by atoms with Crippen molar-refractivity contribution in [3.8, 4) is 6.07 Å². The Balaban J connectivity index is 2.94. The number of halogens is 2. The van der Waals surface area contributed by atoms with E-state index < -0.39 is 28.7 Å². The second-order valence-electron chi connectivity index (χ2n) is 4.47. The van der Waals surface area contributed by atoms with Gasteiger partial charge in [-0.05, 0) is 26.0 Å². The van der Waals surface area contributed by atoms with Crippen molar-refractivity contribution in [1.82, 2.24) is 0 Å². The van der Waals surface area contributed by atoms with Crippen molar-refractivity contribution in [3.05, 3.63) is 29.3 Å². The Morgan fingerprint density at radius 2 is 1.94 bits per heavy atom. The van der Waals surface area contributed by atoms with E-state index in [1.54, 1.807) is 6.07 Å². The first-order valence-corrected chi connectivity index (χ1v) is 5.14. The molecule has 0 bridgehead atoms. The molecule has 0 saturated heterocycles. The number of hydrogen-bond donors (Lipinski definition) is 2. The van der Waals surface area contributed by atoms with E-state index in [1.807, 2.05) is 0 Å². The van der Waals surface area contributed by atoms with Gasteiger partial charge in [0.15, 0.2) is 11.6 Å². The lowest BCUT2D eigenvalue weighted by Crippen LogP contribution is -2.32. The Labute approximate surface area is 103 Å². The number of carboxylic acid groups (broad SMARTS) is 1. The van der Waals surface area contributed by atoms with Gasteiger partial charge in [-0.15, -0.1) is 0 Å². The van der Waals surface area contributed by atoms with E-state index in [0.29, 0.717) is 0 Å². The second-order valence-corrected chi connectivity index (χ2v) is 4.47. The molecule has 0 radical (unpaired) electrons. The highest BCUT2D eigenvalue weighted by Crippen LogP contribution is 2.23. The third-order valence-corrected chi connectivity index (χ3v) is 2.46. The van der Waals surface area contributed by atoms with Crippen LogP contribution in [-0.4, -0.2) is 17.6 Å². The number of nitriles is 1. The highest BCUT2D eigenvalue weighted by Gasteiger charge is 2.27. The van der Waals surface area contributed by atoms with Gasteiger partial charge in [-0.3, -0.25) is 4.79 Å². The van der Waals surface area contributed by atoms with Crippen LogP contribution in [0.4, 0.5) is 14.5 Å². The molecular formula is C12H12F2N2O2. The van der Waals surface area contributed by atoms with E-state index in [2.05, 4.69) is 5.32 Å². The van der Waals surface area contributed by atoms with E-state index in [1.165, 1.54) is 13.8 Å². The molecule has 0 aromatic heterocycles. The van der Waals surface area contributed by atoms with Crippen LogP contribution in [0.1, 0.15) is 19.4 Å². The molecule has 0 saturated carbocycles. The first kappa shape index (κ1) is 13.9. The van der Waals surface area contributed by atoms with Crippen molar-refractivity contribution >= 4 is 11.7 Å². The standard InChI is InChI=1S/C12H12F2N2O2/c1-12(2,11(17)18)6-16-10-8(13)3-7(5-15)4-9(10)14/h3-4,16H,6H2,1-2H3,(H,17,18). The van der Waals surface area contributed by atoms with Gasteiger partial charge >= 0.3 is 5.97 Å². The Kier molecular flexibility index (Phi) is 3.86. The van der Waals surface area contributed by atoms with Crippen molar-refractivity contribution < 1.29 is 18.7 Å². The molecule has 1 aromatic rings. The predicted molar refractivity (Wildman–Crippen MR) is 61.0 cm³/mol. The molecule has 0 atom stereocenters. The molecule has 0 unspecified atom stereocenters. The van der Waals surface area contributed by atoms with Gasteiger partial charge in [0, 0.05) is 6.54 Å². The molecule has 2 N–H and O–H groups in total. The molecular weight excluding hydrogens is 242 g/mol. The average Bonchev–Trinajstić information content (AvgIpc) is 2.27. The average molecular weight is 254 g/mol. The second kappa shape index (κ2) is 5.00. The van der Waals surface area contributed by atoms with Crippen LogP contribution in [0.3, 0.4) is 0 Å². The van der Waals surface area contributed by atoms with Gasteiger partial charge in [0.05, 0.1) is 17.0 Å². The number of nitrogens with zero attached hydrogens (tertiary/aromatic N) is 1. The molecule has 0 fully saturated rings. The summed E-state index contributed by atoms with van der Waals surface area (Å²) < 4.78 is 26.9. The first-order chi connectivity index (χ1) is 8.27. The fraction of sp³-hybridized carbons (Fsp3) is 0.333. The lowest BCUT2D eigenvalue weighted by molar-refractivity contribution is -0.146. The minimum Gasteiger partial charge on any atom is -0.481 e. The molecule has 0 heterocycles. The van der Waals surface area contributed by atoms with Gasteiger partial charge < -0.3 is 10.4 Å². The van der Waals surface area contributed by atoms with Crippen LogP contribution < -0.4 is 5.32 Å². The van der Waals surface area contributed by atoms with Gasteiger partial charge in [-0.25, -0.2) is 8.78 Å². The van der Waals surface area contributed by atoms with E-state index >= 15 is 0 Å². The Bertz CT molecular complexity index is 498. The van der Waals surface area contributed by atoms with Crippen molar-refractivity contribution in [2.45, 2.75) is 13.8 Å². The van der Waals surface area contributed by atoms with E-state index in [4.69, 9.17) is 10.4 Å². The lowest BCUT2D eigenvalue weighted by Gasteiger charge is -2.20. The highest BCUT2D eigenvalue weighted by atomic mass is 19.1. The molecule has 96 valence electrons. The van der Waals surface area contributed by atoms with Crippen LogP contribution in [-0.2, 0) is 4.79 Å². The number of carbonyl (C=O) groups is 1. The van der Waals surface area contributed by atoms with Crippen LogP contribution in [0.5, 0.6) is 0 Å². The van der Waals surface area contributed by atoms with Crippen LogP contribution in [0, 0.1) is 28.4 Å². The van der Waals surface area contributed by atoms with Crippen LogP contribution >= 0.6 is 0 Å². The zero-order valence-electron chi connectivity index (χ0n) is 9.92. The van der Waals surface area contributed by atoms with Crippen LogP contribution in [0.15, 0.2) is 12.1 Å². The Morgan fingerprint density at radius 3 is 2.33 bits per heavy atom. The van der Waals surface area contributed by atoms with E-state index in [0.717, 1.165) is 12.1 Å². The predicted octanol–water partition coefficient (Wildman–Crippen LogP) is 2.36. The fourth-order valence-electron chi connectivity index (χ4n) is 1.19. The van der Waals surface area contributed by atoms with Crippen LogP contribution in [0.2, 0.25) is 0 Å². The molecule has 4 nitrogen and oxygen atoms in total. The minimum absolute atomic E-state index is 0.131. The van der Waals surface area contributed by atoms with Gasteiger partial charge in [0.25, 0.3) is 0 Å². The minimum atomic E-state index is -1.16. The number of rotatable bonds is 4. The molecule has 0 amide bonds. The molecule has 18 heavy (non-hydrogen) atoms. The lowest BCUT2D eigenvalue weighted by atomic mass is 9.94. The first-order valence-electron chi connectivity index (χ1n) is 5.14. The molecule has 6 heteroatoms. The summed E-state index contributed by atoms with van der Waals surface area (Å²) in [5.74, 6) is -2.93. The monoisotopic (exact) mass is 254 g/mol. The van der Waals surface area contributed by atoms with Gasteiger partial charge in [0.2, 0.25) is 0 Å². The summed E-state index contributed by atoms with van der Waals surface area (Å²) in [6.45, 7) is 2.73. The third-order valence-electron chi connectivity index (χ3n) is 2.46. The number of aliphatic carboxylic acids is 1. The number of anilines is 1. The highest BCUT2D eigenvalue weighted by molar-refractivity contribution is 5.74. The molecule has 0 aliphatic rings. The summed E-state index contributed by atoms with van der Waals surface area (Å²) >= 11 is 0. The maximum Gasteiger partial charge on any atom is 0.310 e. The molecule has 1 aromatic carbocycles. The smallest absolute Gasteiger partial charge is 0.310 e. The van der Waals surface area contributed by atoms with Crippen LogP contribution in [0.25, 0.3) is 0 Å². The fourth-order valence-corrected chi connectivity index (χ4v) is 1.19. The topological polar surface area (TPSA) is 73.1 Å². The molecule has 0 aliphatic heterocycles. The van der Waals surface area contributed by atoms with Crippen molar-refractivity contribution in [2.24, 2.45) is 5.41 Å². The summed E-state index contributed by atoms with van der Waals surface area (Å²) in [6.07, 6.45) is 0. The third kappa shape index (κ3) is 2.94. The molecule has 0 aliphatic carbocycles. The van der Waals surface area contributed by atoms with Gasteiger partial charge in [0.1, 0.15) is 5.69 Å². The molecule has 0 spiro atoms. The van der Waals surface area contributed by atoms with E-state index in [-0.39, 0.29) is 12.1 Å². The summed E-state index contributed by atoms with van der Waals surface area (Å²) in [4.78, 5) is 10.8. The van der Waals surface area contributed by atoms with Gasteiger partial charge in [-0.2, -0.15) is 5.26 Å². The van der Waals surface area contributed by atoms with Crippen molar-refractivity contribution in [1.29, 1.82) is 5.26 Å². The number of hydrogen-bond acceptors (Lipinski definition) is 3. The maximum atomic E-state index is 13.5. The van der Waals surface area contributed by atoms with Crippen molar-refractivity contribution in [3.63, 3.8) is 0 Å². The number of benzene rings is 1. The zero-order chi connectivity index (χ0) is 13.9. The quantitative estimate of drug-likeness (QED) is 0.865. The van der Waals surface area contributed by atoms with Gasteiger partial charge in [-0.1, -0.05) is 0 Å². The summed E-state index contributed by atoms with van der Waals surface area (Å²) in [7, 11) is 0. The summed E-state index contributed by atoms with van der Waals surface area (Å²) in [5.41, 5.74) is -1.72. The number of carboxylic acids is 1.